The van der Waals surface area contributed by atoms with Crippen molar-refractivity contribution in [2.45, 2.75) is 12.5 Å². The van der Waals surface area contributed by atoms with E-state index in [4.69, 9.17) is 14.7 Å². The van der Waals surface area contributed by atoms with Crippen molar-refractivity contribution < 1.29 is 34.0 Å². The Balaban J connectivity index is 1.48. The standard InChI is InChI=1S/C26H22N4O8/c31-24(12-4-17-3-11-22-23(14-17)38-15-37-22)28-21(13-16-1-9-20(10-2-16)30(35)36)26(33)27-19-7-5-18(6-8-19)25(32)29-34/h1-12,14,21,34H,13,15H2,(H,27,33)(H,28,31)(H,29,32)/b12-4+. The van der Waals surface area contributed by atoms with Gasteiger partial charge in [0.2, 0.25) is 18.6 Å². The highest BCUT2D eigenvalue weighted by molar-refractivity contribution is 6.00. The van der Waals surface area contributed by atoms with Crippen LogP contribution < -0.4 is 25.6 Å². The number of anilines is 1. The van der Waals surface area contributed by atoms with Crippen molar-refractivity contribution in [1.29, 1.82) is 0 Å². The van der Waals surface area contributed by atoms with E-state index in [0.29, 0.717) is 28.3 Å². The summed E-state index contributed by atoms with van der Waals surface area (Å²) in [5.41, 5.74) is 3.22. The molecule has 4 N–H and O–H groups in total. The predicted molar refractivity (Wildman–Crippen MR) is 135 cm³/mol. The van der Waals surface area contributed by atoms with E-state index < -0.39 is 28.7 Å². The maximum absolute atomic E-state index is 13.1. The maximum Gasteiger partial charge on any atom is 0.274 e. The quantitative estimate of drug-likeness (QED) is 0.145. The number of hydrogen-bond acceptors (Lipinski definition) is 8. The Hall–Kier alpha value is -5.23. The molecule has 194 valence electrons. The zero-order chi connectivity index (χ0) is 27.1. The number of amides is 3. The van der Waals surface area contributed by atoms with Gasteiger partial charge in [-0.15, -0.1) is 0 Å². The monoisotopic (exact) mass is 518 g/mol. The number of benzene rings is 3. The molecule has 1 aliphatic rings. The highest BCUT2D eigenvalue weighted by Gasteiger charge is 2.22. The third-order valence-electron chi connectivity index (χ3n) is 5.56. The molecule has 1 aliphatic heterocycles. The molecule has 38 heavy (non-hydrogen) atoms. The minimum absolute atomic E-state index is 0.0540. The van der Waals surface area contributed by atoms with Crippen molar-refractivity contribution in [3.63, 3.8) is 0 Å². The molecule has 4 rings (SSSR count). The number of nitro benzene ring substituents is 1. The molecule has 1 heterocycles. The number of rotatable bonds is 9. The first kappa shape index (κ1) is 25.9. The van der Waals surface area contributed by atoms with E-state index in [1.54, 1.807) is 24.3 Å². The zero-order valence-electron chi connectivity index (χ0n) is 19.7. The number of non-ortho nitro benzene ring substituents is 1. The number of fused-ring (bicyclic) bond motifs is 1. The fourth-order valence-corrected chi connectivity index (χ4v) is 3.61. The largest absolute Gasteiger partial charge is 0.454 e. The number of nitrogens with one attached hydrogen (secondary N) is 3. The topological polar surface area (TPSA) is 169 Å². The van der Waals surface area contributed by atoms with Crippen LogP contribution in [0.4, 0.5) is 11.4 Å². The van der Waals surface area contributed by atoms with Gasteiger partial charge in [0.25, 0.3) is 11.6 Å². The third-order valence-corrected chi connectivity index (χ3v) is 5.56. The summed E-state index contributed by atoms with van der Waals surface area (Å²) in [7, 11) is 0. The van der Waals surface area contributed by atoms with E-state index in [1.165, 1.54) is 60.1 Å². The Morgan fingerprint density at radius 3 is 2.39 bits per heavy atom. The van der Waals surface area contributed by atoms with Crippen molar-refractivity contribution >= 4 is 35.2 Å². The lowest BCUT2D eigenvalue weighted by Crippen LogP contribution is -2.44. The first-order valence-corrected chi connectivity index (χ1v) is 11.3. The normalized spacial score (nSPS) is 12.6. The van der Waals surface area contributed by atoms with Crippen LogP contribution in [0.5, 0.6) is 11.5 Å². The summed E-state index contributed by atoms with van der Waals surface area (Å²) in [4.78, 5) is 47.7. The Labute approximate surface area is 216 Å². The molecule has 3 aromatic rings. The minimum atomic E-state index is -1.04. The van der Waals surface area contributed by atoms with Gasteiger partial charge in [0.1, 0.15) is 6.04 Å². The number of hydrogen-bond donors (Lipinski definition) is 4. The van der Waals surface area contributed by atoms with Gasteiger partial charge < -0.3 is 20.1 Å². The van der Waals surface area contributed by atoms with Crippen LogP contribution in [0, 0.1) is 10.1 Å². The van der Waals surface area contributed by atoms with Crippen LogP contribution in [-0.4, -0.2) is 40.7 Å². The molecule has 0 saturated heterocycles. The van der Waals surface area contributed by atoms with E-state index in [2.05, 4.69) is 10.6 Å². The minimum Gasteiger partial charge on any atom is -0.454 e. The van der Waals surface area contributed by atoms with Crippen molar-refractivity contribution in [2.75, 3.05) is 12.1 Å². The van der Waals surface area contributed by atoms with Gasteiger partial charge in [-0.1, -0.05) is 18.2 Å². The molecule has 0 saturated carbocycles. The van der Waals surface area contributed by atoms with Crippen LogP contribution in [0.25, 0.3) is 6.08 Å². The highest BCUT2D eigenvalue weighted by Crippen LogP contribution is 2.32. The lowest BCUT2D eigenvalue weighted by Gasteiger charge is -2.18. The van der Waals surface area contributed by atoms with Crippen molar-refractivity contribution in [3.8, 4) is 11.5 Å². The van der Waals surface area contributed by atoms with Gasteiger partial charge in [-0.3, -0.25) is 29.7 Å². The number of nitro groups is 1. The molecule has 0 bridgehead atoms. The van der Waals surface area contributed by atoms with E-state index >= 15 is 0 Å². The molecule has 3 aromatic carbocycles. The van der Waals surface area contributed by atoms with Crippen LogP contribution in [0.3, 0.4) is 0 Å². The fourth-order valence-electron chi connectivity index (χ4n) is 3.61. The number of carbonyl (C=O) groups is 3. The molecule has 0 radical (unpaired) electrons. The van der Waals surface area contributed by atoms with Gasteiger partial charge in [-0.2, -0.15) is 0 Å². The van der Waals surface area contributed by atoms with E-state index in [-0.39, 0.29) is 24.5 Å². The molecular formula is C26H22N4O8. The van der Waals surface area contributed by atoms with Crippen molar-refractivity contribution in [2.24, 2.45) is 0 Å². The smallest absolute Gasteiger partial charge is 0.274 e. The lowest BCUT2D eigenvalue weighted by atomic mass is 10.0. The average Bonchev–Trinajstić information content (AvgIpc) is 3.40. The van der Waals surface area contributed by atoms with E-state index in [1.807, 2.05) is 0 Å². The SMILES string of the molecule is O=C(/C=C/c1ccc2c(c1)OCO2)NC(Cc1ccc([N+](=O)[O-])cc1)C(=O)Nc1ccc(C(=O)NO)cc1. The molecule has 1 unspecified atom stereocenters. The molecule has 3 amide bonds. The van der Waals surface area contributed by atoms with Gasteiger partial charge in [0.15, 0.2) is 11.5 Å². The molecule has 0 aromatic heterocycles. The summed E-state index contributed by atoms with van der Waals surface area (Å²) in [6.45, 7) is 0.125. The van der Waals surface area contributed by atoms with Crippen LogP contribution in [0.1, 0.15) is 21.5 Å². The Morgan fingerprint density at radius 1 is 1.00 bits per heavy atom. The summed E-state index contributed by atoms with van der Waals surface area (Å²) in [5, 5.41) is 25.0. The lowest BCUT2D eigenvalue weighted by molar-refractivity contribution is -0.384. The first-order chi connectivity index (χ1) is 18.3. The van der Waals surface area contributed by atoms with E-state index in [9.17, 15) is 24.5 Å². The fraction of sp³-hybridized carbons (Fsp3) is 0.115. The highest BCUT2D eigenvalue weighted by atomic mass is 16.7. The molecule has 0 spiro atoms. The Kier molecular flexibility index (Phi) is 7.94. The molecule has 0 fully saturated rings. The van der Waals surface area contributed by atoms with Gasteiger partial charge in [0.05, 0.1) is 4.92 Å². The van der Waals surface area contributed by atoms with Crippen LogP contribution in [0.2, 0.25) is 0 Å². The van der Waals surface area contributed by atoms with Crippen molar-refractivity contribution in [3.05, 3.63) is 99.6 Å². The summed E-state index contributed by atoms with van der Waals surface area (Å²) in [6.07, 6.45) is 2.89. The average molecular weight is 518 g/mol. The summed E-state index contributed by atoms with van der Waals surface area (Å²) in [5.74, 6) is -0.630. The number of nitrogens with zero attached hydrogens (tertiary/aromatic N) is 1. The van der Waals surface area contributed by atoms with Crippen LogP contribution >= 0.6 is 0 Å². The summed E-state index contributed by atoms with van der Waals surface area (Å²) < 4.78 is 10.6. The molecule has 12 nitrogen and oxygen atoms in total. The second-order valence-corrected chi connectivity index (χ2v) is 8.14. The second-order valence-electron chi connectivity index (χ2n) is 8.14. The maximum atomic E-state index is 13.1. The number of ether oxygens (including phenoxy) is 2. The van der Waals surface area contributed by atoms with Gasteiger partial charge in [0, 0.05) is 35.9 Å². The van der Waals surface area contributed by atoms with Gasteiger partial charge in [-0.05, 0) is 53.6 Å². The van der Waals surface area contributed by atoms with Crippen molar-refractivity contribution in [1.82, 2.24) is 10.8 Å². The summed E-state index contributed by atoms with van der Waals surface area (Å²) >= 11 is 0. The van der Waals surface area contributed by atoms with Crippen LogP contribution in [-0.2, 0) is 16.0 Å². The predicted octanol–water partition coefficient (Wildman–Crippen LogP) is 2.82. The van der Waals surface area contributed by atoms with Gasteiger partial charge >= 0.3 is 0 Å². The summed E-state index contributed by atoms with van der Waals surface area (Å²) in [6, 6.07) is 15.5. The zero-order valence-corrected chi connectivity index (χ0v) is 19.7. The third kappa shape index (κ3) is 6.50. The molecule has 12 heteroatoms. The number of carbonyl (C=O) groups excluding carboxylic acids is 3. The van der Waals surface area contributed by atoms with E-state index in [0.717, 1.165) is 0 Å². The van der Waals surface area contributed by atoms with Crippen LogP contribution in [0.15, 0.2) is 72.8 Å². The molecule has 1 atom stereocenters. The first-order valence-electron chi connectivity index (χ1n) is 11.3. The molecule has 0 aliphatic carbocycles. The number of hydroxylamine groups is 1. The Morgan fingerprint density at radius 2 is 1.71 bits per heavy atom. The van der Waals surface area contributed by atoms with Gasteiger partial charge in [-0.25, -0.2) is 5.48 Å². The second kappa shape index (κ2) is 11.7. The Bertz CT molecular complexity index is 1390. The molecular weight excluding hydrogens is 496 g/mol.